The van der Waals surface area contributed by atoms with Gasteiger partial charge in [0.05, 0.1) is 0 Å². The lowest BCUT2D eigenvalue weighted by molar-refractivity contribution is 0.189. The van der Waals surface area contributed by atoms with E-state index in [9.17, 15) is 5.11 Å². The molecule has 12 heavy (non-hydrogen) atoms. The van der Waals surface area contributed by atoms with Crippen molar-refractivity contribution < 1.29 is 5.11 Å². The summed E-state index contributed by atoms with van der Waals surface area (Å²) in [7, 11) is 0. The normalized spacial score (nSPS) is 21.3. The zero-order chi connectivity index (χ0) is 8.55. The van der Waals surface area contributed by atoms with Gasteiger partial charge in [0.1, 0.15) is 6.23 Å². The highest BCUT2D eigenvalue weighted by Gasteiger charge is 2.15. The van der Waals surface area contributed by atoms with E-state index in [1.54, 1.807) is 0 Å². The molecule has 1 heterocycles. The third-order valence-electron chi connectivity index (χ3n) is 2.40. The monoisotopic (exact) mass is 163 g/mol. The summed E-state index contributed by atoms with van der Waals surface area (Å²) in [6, 6.07) is 6.14. The number of benzene rings is 1. The van der Waals surface area contributed by atoms with Gasteiger partial charge in [-0.3, -0.25) is 0 Å². The molecule has 0 saturated carbocycles. The van der Waals surface area contributed by atoms with Gasteiger partial charge < -0.3 is 10.4 Å². The average molecular weight is 163 g/mol. The van der Waals surface area contributed by atoms with Crippen molar-refractivity contribution in [2.24, 2.45) is 0 Å². The smallest absolute Gasteiger partial charge is 0.124 e. The van der Waals surface area contributed by atoms with Gasteiger partial charge in [0, 0.05) is 5.69 Å². The molecule has 2 N–H and O–H groups in total. The number of hydrogen-bond donors (Lipinski definition) is 2. The molecule has 0 spiro atoms. The molecule has 0 fully saturated rings. The van der Waals surface area contributed by atoms with E-state index in [2.05, 4.69) is 18.3 Å². The van der Waals surface area contributed by atoms with Crippen LogP contribution in [-0.2, 0) is 6.42 Å². The zero-order valence-electron chi connectivity index (χ0n) is 7.17. The van der Waals surface area contributed by atoms with Crippen LogP contribution in [0.15, 0.2) is 18.2 Å². The van der Waals surface area contributed by atoms with E-state index in [0.717, 1.165) is 18.5 Å². The second-order valence-corrected chi connectivity index (χ2v) is 3.30. The number of nitrogens with one attached hydrogen (secondary N) is 1. The van der Waals surface area contributed by atoms with Gasteiger partial charge in [0.25, 0.3) is 0 Å². The Morgan fingerprint density at radius 2 is 2.33 bits per heavy atom. The first kappa shape index (κ1) is 7.62. The molecule has 0 amide bonds. The van der Waals surface area contributed by atoms with Crippen LogP contribution in [0.5, 0.6) is 0 Å². The van der Waals surface area contributed by atoms with Gasteiger partial charge >= 0.3 is 0 Å². The SMILES string of the molecule is Cc1cccc2c1CCC(O)N2. The van der Waals surface area contributed by atoms with Crippen molar-refractivity contribution in [3.8, 4) is 0 Å². The summed E-state index contributed by atoms with van der Waals surface area (Å²) >= 11 is 0. The molecular weight excluding hydrogens is 150 g/mol. The summed E-state index contributed by atoms with van der Waals surface area (Å²) in [4.78, 5) is 0. The predicted molar refractivity (Wildman–Crippen MR) is 49.1 cm³/mol. The van der Waals surface area contributed by atoms with Crippen molar-refractivity contribution >= 4 is 5.69 Å². The number of aliphatic hydroxyl groups excluding tert-OH is 1. The van der Waals surface area contributed by atoms with Gasteiger partial charge in [0.15, 0.2) is 0 Å². The minimum atomic E-state index is -0.362. The Kier molecular flexibility index (Phi) is 1.77. The number of anilines is 1. The van der Waals surface area contributed by atoms with Crippen molar-refractivity contribution in [3.63, 3.8) is 0 Å². The number of rotatable bonds is 0. The molecule has 1 aliphatic heterocycles. The Labute approximate surface area is 72.2 Å². The fraction of sp³-hybridized carbons (Fsp3) is 0.400. The molecule has 1 aromatic rings. The Hall–Kier alpha value is -1.02. The van der Waals surface area contributed by atoms with Gasteiger partial charge in [0.2, 0.25) is 0 Å². The summed E-state index contributed by atoms with van der Waals surface area (Å²) in [5, 5.41) is 12.4. The highest BCUT2D eigenvalue weighted by atomic mass is 16.3. The van der Waals surface area contributed by atoms with E-state index in [1.807, 2.05) is 12.1 Å². The van der Waals surface area contributed by atoms with Gasteiger partial charge in [-0.1, -0.05) is 12.1 Å². The maximum absolute atomic E-state index is 9.34. The molecule has 1 aliphatic rings. The summed E-state index contributed by atoms with van der Waals surface area (Å²) < 4.78 is 0. The molecule has 2 heteroatoms. The number of aryl methyl sites for hydroxylation is 1. The molecule has 0 saturated heterocycles. The third kappa shape index (κ3) is 1.18. The largest absolute Gasteiger partial charge is 0.374 e. The van der Waals surface area contributed by atoms with Crippen molar-refractivity contribution in [2.45, 2.75) is 26.0 Å². The van der Waals surface area contributed by atoms with Crippen molar-refractivity contribution in [1.82, 2.24) is 0 Å². The van der Waals surface area contributed by atoms with Crippen LogP contribution in [-0.4, -0.2) is 11.3 Å². The van der Waals surface area contributed by atoms with Crippen LogP contribution in [0.4, 0.5) is 5.69 Å². The number of aliphatic hydroxyl groups is 1. The lowest BCUT2D eigenvalue weighted by atomic mass is 9.98. The first-order chi connectivity index (χ1) is 5.77. The molecule has 2 nitrogen and oxygen atoms in total. The maximum Gasteiger partial charge on any atom is 0.124 e. The van der Waals surface area contributed by atoms with E-state index < -0.39 is 0 Å². The topological polar surface area (TPSA) is 32.3 Å². The van der Waals surface area contributed by atoms with E-state index >= 15 is 0 Å². The zero-order valence-corrected chi connectivity index (χ0v) is 7.17. The van der Waals surface area contributed by atoms with Crippen LogP contribution in [0, 0.1) is 6.92 Å². The van der Waals surface area contributed by atoms with Crippen LogP contribution >= 0.6 is 0 Å². The van der Waals surface area contributed by atoms with Crippen LogP contribution < -0.4 is 5.32 Å². The molecule has 64 valence electrons. The standard InChI is InChI=1S/C10H13NO/c1-7-3-2-4-9-8(7)5-6-10(12)11-9/h2-4,10-12H,5-6H2,1H3. The van der Waals surface area contributed by atoms with Crippen molar-refractivity contribution in [2.75, 3.05) is 5.32 Å². The van der Waals surface area contributed by atoms with E-state index in [0.29, 0.717) is 0 Å². The van der Waals surface area contributed by atoms with Gasteiger partial charge in [-0.25, -0.2) is 0 Å². The minimum Gasteiger partial charge on any atom is -0.374 e. The summed E-state index contributed by atoms with van der Waals surface area (Å²) in [6.07, 6.45) is 1.44. The molecule has 2 rings (SSSR count). The van der Waals surface area contributed by atoms with E-state index in [-0.39, 0.29) is 6.23 Å². The molecule has 0 bridgehead atoms. The second-order valence-electron chi connectivity index (χ2n) is 3.30. The predicted octanol–water partition coefficient (Wildman–Crippen LogP) is 1.67. The fourth-order valence-corrected chi connectivity index (χ4v) is 1.70. The lowest BCUT2D eigenvalue weighted by Crippen LogP contribution is -2.24. The van der Waals surface area contributed by atoms with Crippen molar-refractivity contribution in [3.05, 3.63) is 29.3 Å². The highest BCUT2D eigenvalue weighted by Crippen LogP contribution is 2.26. The maximum atomic E-state index is 9.34. The highest BCUT2D eigenvalue weighted by molar-refractivity contribution is 5.56. The van der Waals surface area contributed by atoms with Gasteiger partial charge in [-0.15, -0.1) is 0 Å². The van der Waals surface area contributed by atoms with Crippen LogP contribution in [0.2, 0.25) is 0 Å². The Balaban J connectivity index is 2.42. The quantitative estimate of drug-likeness (QED) is 0.609. The molecule has 1 aromatic carbocycles. The van der Waals surface area contributed by atoms with Crippen molar-refractivity contribution in [1.29, 1.82) is 0 Å². The van der Waals surface area contributed by atoms with E-state index in [1.165, 1.54) is 11.1 Å². The molecular formula is C10H13NO. The van der Waals surface area contributed by atoms with E-state index in [4.69, 9.17) is 0 Å². The average Bonchev–Trinajstić information content (AvgIpc) is 2.04. The van der Waals surface area contributed by atoms with Crippen LogP contribution in [0.3, 0.4) is 0 Å². The minimum absolute atomic E-state index is 0.362. The molecule has 1 atom stereocenters. The van der Waals surface area contributed by atoms with Crippen LogP contribution in [0.25, 0.3) is 0 Å². The first-order valence-corrected chi connectivity index (χ1v) is 4.30. The lowest BCUT2D eigenvalue weighted by Gasteiger charge is -2.24. The first-order valence-electron chi connectivity index (χ1n) is 4.30. The summed E-state index contributed by atoms with van der Waals surface area (Å²) in [5.41, 5.74) is 3.75. The van der Waals surface area contributed by atoms with Gasteiger partial charge in [-0.05, 0) is 37.0 Å². The van der Waals surface area contributed by atoms with Crippen LogP contribution in [0.1, 0.15) is 17.5 Å². The molecule has 0 radical (unpaired) electrons. The van der Waals surface area contributed by atoms with Gasteiger partial charge in [-0.2, -0.15) is 0 Å². The fourth-order valence-electron chi connectivity index (χ4n) is 1.70. The Morgan fingerprint density at radius 1 is 1.50 bits per heavy atom. The third-order valence-corrected chi connectivity index (χ3v) is 2.40. The number of fused-ring (bicyclic) bond motifs is 1. The summed E-state index contributed by atoms with van der Waals surface area (Å²) in [6.45, 7) is 2.11. The Morgan fingerprint density at radius 3 is 3.17 bits per heavy atom. The molecule has 1 unspecified atom stereocenters. The number of hydrogen-bond acceptors (Lipinski definition) is 2. The Bertz CT molecular complexity index is 296. The second kappa shape index (κ2) is 2.79. The molecule has 0 aromatic heterocycles. The summed E-state index contributed by atoms with van der Waals surface area (Å²) in [5.74, 6) is 0. The molecule has 0 aliphatic carbocycles.